The maximum Gasteiger partial charge on any atom is 0.339 e. The maximum absolute atomic E-state index is 11.5. The Labute approximate surface area is 102 Å². The second kappa shape index (κ2) is 5.52. The van der Waals surface area contributed by atoms with Crippen molar-refractivity contribution in [1.29, 1.82) is 5.26 Å². The summed E-state index contributed by atoms with van der Waals surface area (Å²) in [6, 6.07) is 5.20. The zero-order valence-electron chi connectivity index (χ0n) is 8.91. The van der Waals surface area contributed by atoms with E-state index >= 15 is 0 Å². The van der Waals surface area contributed by atoms with Gasteiger partial charge in [0.2, 0.25) is 0 Å². The van der Waals surface area contributed by atoms with Crippen LogP contribution in [0.4, 0.5) is 0 Å². The number of carbonyl (C=O) groups excluding carboxylic acids is 1. The van der Waals surface area contributed by atoms with Gasteiger partial charge in [0.05, 0.1) is 25.3 Å². The number of alkyl halides is 1. The lowest BCUT2D eigenvalue weighted by molar-refractivity contribution is 0.0600. The van der Waals surface area contributed by atoms with Crippen LogP contribution in [0.5, 0.6) is 5.75 Å². The summed E-state index contributed by atoms with van der Waals surface area (Å²) >= 11 is 3.26. The van der Waals surface area contributed by atoms with Gasteiger partial charge in [-0.05, 0) is 17.7 Å². The number of hydrogen-bond acceptors (Lipinski definition) is 4. The predicted octanol–water partition coefficient (Wildman–Crippen LogP) is 2.25. The first-order valence-electron chi connectivity index (χ1n) is 4.43. The smallest absolute Gasteiger partial charge is 0.339 e. The minimum Gasteiger partial charge on any atom is -0.497 e. The van der Waals surface area contributed by atoms with Crippen molar-refractivity contribution in [1.82, 2.24) is 0 Å². The highest BCUT2D eigenvalue weighted by atomic mass is 79.9. The molecule has 0 atom stereocenters. The standard InChI is InChI=1S/C11H10BrNO3/c1-15-8-3-7(5-12)10(6-13)9(4-8)11(14)16-2/h3-4H,5H2,1-2H3. The van der Waals surface area contributed by atoms with Gasteiger partial charge in [-0.3, -0.25) is 0 Å². The number of hydrogen-bond donors (Lipinski definition) is 0. The molecular formula is C11H10BrNO3. The lowest BCUT2D eigenvalue weighted by Gasteiger charge is -2.09. The van der Waals surface area contributed by atoms with Crippen LogP contribution in [-0.2, 0) is 10.1 Å². The minimum absolute atomic E-state index is 0.221. The zero-order chi connectivity index (χ0) is 12.1. The fourth-order valence-corrected chi connectivity index (χ4v) is 1.74. The number of carbonyl (C=O) groups is 1. The van der Waals surface area contributed by atoms with Crippen LogP contribution in [-0.4, -0.2) is 20.2 Å². The lowest BCUT2D eigenvalue weighted by atomic mass is 10.0. The van der Waals surface area contributed by atoms with Gasteiger partial charge in [-0.25, -0.2) is 4.79 Å². The van der Waals surface area contributed by atoms with Crippen LogP contribution in [0.3, 0.4) is 0 Å². The van der Waals surface area contributed by atoms with Gasteiger partial charge < -0.3 is 9.47 Å². The van der Waals surface area contributed by atoms with Crippen LogP contribution in [0, 0.1) is 11.3 Å². The first-order chi connectivity index (χ1) is 7.67. The molecule has 0 aliphatic carbocycles. The van der Waals surface area contributed by atoms with Crippen LogP contribution >= 0.6 is 15.9 Å². The molecule has 84 valence electrons. The van der Waals surface area contributed by atoms with Gasteiger partial charge in [-0.1, -0.05) is 15.9 Å². The molecule has 0 unspecified atom stereocenters. The van der Waals surface area contributed by atoms with Crippen molar-refractivity contribution in [2.75, 3.05) is 14.2 Å². The number of halogens is 1. The van der Waals surface area contributed by atoms with Crippen molar-refractivity contribution < 1.29 is 14.3 Å². The number of benzene rings is 1. The van der Waals surface area contributed by atoms with Gasteiger partial charge >= 0.3 is 5.97 Å². The first kappa shape index (κ1) is 12.5. The molecule has 0 heterocycles. The van der Waals surface area contributed by atoms with E-state index < -0.39 is 5.97 Å². The van der Waals surface area contributed by atoms with E-state index in [0.717, 1.165) is 0 Å². The third-order valence-corrected chi connectivity index (χ3v) is 2.69. The number of ether oxygens (including phenoxy) is 2. The van der Waals surface area contributed by atoms with Gasteiger partial charge in [-0.2, -0.15) is 5.26 Å². The first-order valence-corrected chi connectivity index (χ1v) is 5.55. The second-order valence-electron chi connectivity index (χ2n) is 2.95. The molecule has 0 aromatic heterocycles. The highest BCUT2D eigenvalue weighted by Gasteiger charge is 2.17. The van der Waals surface area contributed by atoms with E-state index in [9.17, 15) is 4.79 Å². The fraction of sp³-hybridized carbons (Fsp3) is 0.273. The molecule has 0 saturated heterocycles. The predicted molar refractivity (Wildman–Crippen MR) is 61.7 cm³/mol. The number of esters is 1. The molecule has 1 aromatic carbocycles. The van der Waals surface area contributed by atoms with Gasteiger partial charge in [-0.15, -0.1) is 0 Å². The van der Waals surface area contributed by atoms with E-state index in [2.05, 4.69) is 20.7 Å². The molecule has 0 bridgehead atoms. The molecule has 5 heteroatoms. The van der Waals surface area contributed by atoms with Crippen molar-refractivity contribution in [2.45, 2.75) is 5.33 Å². The summed E-state index contributed by atoms with van der Waals surface area (Å²) in [7, 11) is 2.78. The highest BCUT2D eigenvalue weighted by Crippen LogP contribution is 2.24. The Hall–Kier alpha value is -1.54. The monoisotopic (exact) mass is 283 g/mol. The molecule has 4 nitrogen and oxygen atoms in total. The van der Waals surface area contributed by atoms with Crippen molar-refractivity contribution >= 4 is 21.9 Å². The van der Waals surface area contributed by atoms with Crippen LogP contribution in [0.25, 0.3) is 0 Å². The maximum atomic E-state index is 11.5. The molecule has 1 rings (SSSR count). The topological polar surface area (TPSA) is 59.3 Å². The van der Waals surface area contributed by atoms with E-state index in [1.165, 1.54) is 20.3 Å². The Morgan fingerprint density at radius 2 is 2.19 bits per heavy atom. The Morgan fingerprint density at radius 1 is 1.50 bits per heavy atom. The molecule has 0 radical (unpaired) electrons. The lowest BCUT2D eigenvalue weighted by Crippen LogP contribution is -2.06. The summed E-state index contributed by atoms with van der Waals surface area (Å²) in [6.07, 6.45) is 0. The highest BCUT2D eigenvalue weighted by molar-refractivity contribution is 9.08. The van der Waals surface area contributed by atoms with Crippen molar-refractivity contribution in [3.05, 3.63) is 28.8 Å². The van der Waals surface area contributed by atoms with Gasteiger partial charge in [0, 0.05) is 5.33 Å². The van der Waals surface area contributed by atoms with Gasteiger partial charge in [0.15, 0.2) is 0 Å². The minimum atomic E-state index is -0.544. The summed E-state index contributed by atoms with van der Waals surface area (Å²) < 4.78 is 9.67. The summed E-state index contributed by atoms with van der Waals surface area (Å²) in [6.45, 7) is 0. The molecule has 0 aliphatic heterocycles. The third kappa shape index (κ3) is 2.34. The van der Waals surface area contributed by atoms with Crippen LogP contribution in [0.2, 0.25) is 0 Å². The van der Waals surface area contributed by atoms with Gasteiger partial charge in [0.25, 0.3) is 0 Å². The average Bonchev–Trinajstić information content (AvgIpc) is 2.35. The third-order valence-electron chi connectivity index (χ3n) is 2.09. The van der Waals surface area contributed by atoms with Crippen LogP contribution < -0.4 is 4.74 Å². The summed E-state index contributed by atoms with van der Waals surface area (Å²) in [5, 5.41) is 9.49. The Bertz CT molecular complexity index is 451. The molecule has 0 aliphatic rings. The molecule has 0 spiro atoms. The number of nitrogens with zero attached hydrogens (tertiary/aromatic N) is 1. The fourth-order valence-electron chi connectivity index (χ4n) is 1.30. The van der Waals surface area contributed by atoms with E-state index in [-0.39, 0.29) is 5.56 Å². The average molecular weight is 284 g/mol. The SMILES string of the molecule is COC(=O)c1cc(OC)cc(CBr)c1C#N. The molecule has 1 aromatic rings. The van der Waals surface area contributed by atoms with E-state index in [1.807, 2.05) is 6.07 Å². The van der Waals surface area contributed by atoms with Crippen LogP contribution in [0.15, 0.2) is 12.1 Å². The van der Waals surface area contributed by atoms with Crippen molar-refractivity contribution in [2.24, 2.45) is 0 Å². The van der Waals surface area contributed by atoms with E-state index in [4.69, 9.17) is 10.00 Å². The van der Waals surface area contributed by atoms with Gasteiger partial charge in [0.1, 0.15) is 11.8 Å². The zero-order valence-corrected chi connectivity index (χ0v) is 10.5. The number of nitriles is 1. The molecule has 0 fully saturated rings. The van der Waals surface area contributed by atoms with E-state index in [0.29, 0.717) is 22.2 Å². The number of methoxy groups -OCH3 is 2. The van der Waals surface area contributed by atoms with Crippen molar-refractivity contribution in [3.63, 3.8) is 0 Å². The largest absolute Gasteiger partial charge is 0.497 e. The Morgan fingerprint density at radius 3 is 2.62 bits per heavy atom. The second-order valence-corrected chi connectivity index (χ2v) is 3.51. The summed E-state index contributed by atoms with van der Waals surface area (Å²) in [5.74, 6) is -0.0218. The Kier molecular flexibility index (Phi) is 4.32. The summed E-state index contributed by atoms with van der Waals surface area (Å²) in [4.78, 5) is 11.5. The molecular weight excluding hydrogens is 274 g/mol. The van der Waals surface area contributed by atoms with Crippen molar-refractivity contribution in [3.8, 4) is 11.8 Å². The molecule has 16 heavy (non-hydrogen) atoms. The number of rotatable bonds is 3. The Balaban J connectivity index is 3.44. The molecule has 0 N–H and O–H groups in total. The van der Waals surface area contributed by atoms with E-state index in [1.54, 1.807) is 6.07 Å². The molecule has 0 amide bonds. The normalized spacial score (nSPS) is 9.38. The quantitative estimate of drug-likeness (QED) is 0.631. The summed E-state index contributed by atoms with van der Waals surface area (Å²) in [5.41, 5.74) is 1.23. The van der Waals surface area contributed by atoms with Crippen LogP contribution in [0.1, 0.15) is 21.5 Å². The molecule has 0 saturated carbocycles.